The molecule has 57 heavy (non-hydrogen) atoms. The number of piperidine rings is 1. The molecule has 1 unspecified atom stereocenters. The van der Waals surface area contributed by atoms with Crippen molar-refractivity contribution in [1.29, 1.82) is 0 Å². The van der Waals surface area contributed by atoms with Gasteiger partial charge in [-0.1, -0.05) is 75.6 Å². The average Bonchev–Trinajstić information content (AvgIpc) is 3.48. The summed E-state index contributed by atoms with van der Waals surface area (Å²) < 4.78 is 0. The Bertz CT molecular complexity index is 1700. The van der Waals surface area contributed by atoms with Gasteiger partial charge in [-0.25, -0.2) is 4.79 Å². The van der Waals surface area contributed by atoms with Crippen LogP contribution in [0.15, 0.2) is 55.1 Å². The Labute approximate surface area is 338 Å². The van der Waals surface area contributed by atoms with Gasteiger partial charge < -0.3 is 26.2 Å². The SMILES string of the molecule is C=CCCC(NC(=O)[C@@H]1[C@@H]2[C@H](CN1C(=O)[C@@H](NC(=O)NC13CC4CC(CC(C4)C1)C3)C1CCCCC1)C2(C)C)C(=O)C(=O)NC/C=C/C(=O)CCc1ccccc1. The van der Waals surface area contributed by atoms with E-state index in [-0.39, 0.29) is 59.4 Å². The third kappa shape index (κ3) is 9.23. The Kier molecular flexibility index (Phi) is 12.4. The maximum atomic E-state index is 14.8. The number of Topliss-reactive ketones (excluding diaryl/α,β-unsaturated/α-hetero) is 1. The number of amides is 5. The zero-order chi connectivity index (χ0) is 40.3. The highest BCUT2D eigenvalue weighted by Gasteiger charge is 2.70. The molecule has 11 nitrogen and oxygen atoms in total. The predicted molar refractivity (Wildman–Crippen MR) is 217 cm³/mol. The van der Waals surface area contributed by atoms with Gasteiger partial charge in [-0.2, -0.15) is 0 Å². The molecule has 8 rings (SSSR count). The van der Waals surface area contributed by atoms with Crippen molar-refractivity contribution in [3.63, 3.8) is 0 Å². The Morgan fingerprint density at radius 3 is 2.23 bits per heavy atom. The maximum absolute atomic E-state index is 14.8. The number of urea groups is 1. The molecule has 6 aliphatic carbocycles. The molecule has 1 aliphatic heterocycles. The number of hydrogen-bond acceptors (Lipinski definition) is 6. The first-order valence-corrected chi connectivity index (χ1v) is 21.7. The lowest BCUT2D eigenvalue weighted by molar-refractivity contribution is -0.144. The number of hydrogen-bond donors (Lipinski definition) is 4. The molecule has 1 saturated heterocycles. The summed E-state index contributed by atoms with van der Waals surface area (Å²) in [5.74, 6) is -0.449. The smallest absolute Gasteiger partial charge is 0.315 e. The summed E-state index contributed by atoms with van der Waals surface area (Å²) >= 11 is 0. The number of nitrogens with zero attached hydrogens (tertiary/aromatic N) is 1. The molecular weight excluding hydrogens is 719 g/mol. The number of likely N-dealkylation sites (tertiary alicyclic amines) is 1. The first-order chi connectivity index (χ1) is 27.4. The molecule has 0 spiro atoms. The van der Waals surface area contributed by atoms with Crippen molar-refractivity contribution in [1.82, 2.24) is 26.2 Å². The Morgan fingerprint density at radius 2 is 1.58 bits per heavy atom. The predicted octanol–water partition coefficient (Wildman–Crippen LogP) is 5.58. The van der Waals surface area contributed by atoms with Gasteiger partial charge in [0, 0.05) is 25.0 Å². The fraction of sp³-hybridized carbons (Fsp3) is 0.652. The van der Waals surface area contributed by atoms with Gasteiger partial charge in [0.05, 0.1) is 6.04 Å². The van der Waals surface area contributed by atoms with Crippen LogP contribution in [0.5, 0.6) is 0 Å². The molecule has 4 bridgehead atoms. The molecule has 0 aromatic heterocycles. The standard InChI is InChI=1S/C46H63N5O6/c1-4-5-18-36(40(53)42(55)47-21-12-17-34(52)20-19-29-13-8-6-9-14-29)48-41(54)39-37-35(45(37,2)3)28-51(39)43(56)38(33-15-10-7-11-16-33)49-44(57)50-46-25-30-22-31(26-46)24-32(23-30)27-46/h4,6,8-9,12-14,17,30-33,35-39H,1,5,7,10-11,15-16,18-28H2,2-3H3,(H,47,55)(H,48,54)(H2,49,50,57)/b17-12+/t30?,31?,32?,35-,36?,37-,38-,39-,46?/m0/s1. The van der Waals surface area contributed by atoms with E-state index in [2.05, 4.69) is 41.7 Å². The maximum Gasteiger partial charge on any atom is 0.315 e. The summed E-state index contributed by atoms with van der Waals surface area (Å²) in [7, 11) is 0. The van der Waals surface area contributed by atoms with Gasteiger partial charge in [0.1, 0.15) is 12.1 Å². The van der Waals surface area contributed by atoms with E-state index in [0.717, 1.165) is 56.9 Å². The van der Waals surface area contributed by atoms with E-state index in [9.17, 15) is 28.8 Å². The monoisotopic (exact) mass is 781 g/mol. The molecule has 5 amide bonds. The normalized spacial score (nSPS) is 30.5. The molecular formula is C46H63N5O6. The molecule has 1 aromatic carbocycles. The van der Waals surface area contributed by atoms with E-state index in [1.807, 2.05) is 30.3 Å². The molecule has 1 aromatic rings. The molecule has 7 aliphatic rings. The fourth-order valence-electron chi connectivity index (χ4n) is 11.9. The summed E-state index contributed by atoms with van der Waals surface area (Å²) in [6.45, 7) is 8.36. The Hall–Kier alpha value is -4.28. The highest BCUT2D eigenvalue weighted by atomic mass is 16.2. The summed E-state index contributed by atoms with van der Waals surface area (Å²) in [5.41, 5.74) is 0.689. The number of nitrogens with one attached hydrogen (secondary N) is 4. The van der Waals surface area contributed by atoms with Crippen molar-refractivity contribution < 1.29 is 28.8 Å². The first-order valence-electron chi connectivity index (χ1n) is 21.7. The van der Waals surface area contributed by atoms with Crippen LogP contribution in [0.25, 0.3) is 0 Å². The lowest BCUT2D eigenvalue weighted by Crippen LogP contribution is -2.64. The second-order valence-electron chi connectivity index (χ2n) is 18.9. The van der Waals surface area contributed by atoms with E-state index in [1.165, 1.54) is 31.4 Å². The second-order valence-corrected chi connectivity index (χ2v) is 18.9. The number of carbonyl (C=O) groups is 6. The molecule has 0 radical (unpaired) electrons. The van der Waals surface area contributed by atoms with Gasteiger partial charge in [-0.3, -0.25) is 24.0 Å². The van der Waals surface area contributed by atoms with Gasteiger partial charge in [-0.15, -0.1) is 6.58 Å². The summed E-state index contributed by atoms with van der Waals surface area (Å²) in [4.78, 5) is 83.7. The van der Waals surface area contributed by atoms with E-state index < -0.39 is 35.7 Å². The largest absolute Gasteiger partial charge is 0.346 e. The summed E-state index contributed by atoms with van der Waals surface area (Å²) in [6.07, 6.45) is 17.6. The lowest BCUT2D eigenvalue weighted by Gasteiger charge is -2.56. The minimum Gasteiger partial charge on any atom is -0.346 e. The molecule has 1 heterocycles. The van der Waals surface area contributed by atoms with Crippen molar-refractivity contribution in [2.75, 3.05) is 13.1 Å². The van der Waals surface area contributed by atoms with Crippen molar-refractivity contribution >= 4 is 35.3 Å². The topological polar surface area (TPSA) is 154 Å². The molecule has 308 valence electrons. The zero-order valence-corrected chi connectivity index (χ0v) is 33.9. The first kappa shape index (κ1) is 40.9. The molecule has 6 saturated carbocycles. The van der Waals surface area contributed by atoms with Crippen LogP contribution in [0.4, 0.5) is 4.79 Å². The minimum absolute atomic E-state index is 0.0153. The highest BCUT2D eigenvalue weighted by molar-refractivity contribution is 6.38. The summed E-state index contributed by atoms with van der Waals surface area (Å²) in [6, 6.07) is 6.72. The van der Waals surface area contributed by atoms with E-state index in [0.29, 0.717) is 43.6 Å². The third-order valence-corrected chi connectivity index (χ3v) is 14.6. The number of carbonyl (C=O) groups excluding carboxylic acids is 6. The van der Waals surface area contributed by atoms with Crippen molar-refractivity contribution in [2.45, 2.75) is 134 Å². The van der Waals surface area contributed by atoms with Gasteiger partial charge in [-0.05, 0) is 123 Å². The van der Waals surface area contributed by atoms with Crippen LogP contribution < -0.4 is 21.3 Å². The van der Waals surface area contributed by atoms with Crippen LogP contribution in [0, 0.1) is 40.9 Å². The van der Waals surface area contributed by atoms with E-state index in [1.54, 1.807) is 11.0 Å². The molecule has 11 heteroatoms. The fourth-order valence-corrected chi connectivity index (χ4v) is 11.9. The second kappa shape index (κ2) is 17.3. The van der Waals surface area contributed by atoms with Gasteiger partial charge >= 0.3 is 6.03 Å². The lowest BCUT2D eigenvalue weighted by atomic mass is 9.53. The van der Waals surface area contributed by atoms with E-state index in [4.69, 9.17) is 0 Å². The number of allylic oxidation sites excluding steroid dienone is 2. The molecule has 5 atom stereocenters. The van der Waals surface area contributed by atoms with Crippen LogP contribution in [0.3, 0.4) is 0 Å². The minimum atomic E-state index is -1.12. The van der Waals surface area contributed by atoms with Crippen molar-refractivity contribution in [3.8, 4) is 0 Å². The zero-order valence-electron chi connectivity index (χ0n) is 33.9. The van der Waals surface area contributed by atoms with Crippen LogP contribution in [0.2, 0.25) is 0 Å². The van der Waals surface area contributed by atoms with Crippen LogP contribution in [-0.4, -0.2) is 77.0 Å². The van der Waals surface area contributed by atoms with Crippen LogP contribution >= 0.6 is 0 Å². The van der Waals surface area contributed by atoms with Gasteiger partial charge in [0.2, 0.25) is 17.6 Å². The van der Waals surface area contributed by atoms with Crippen LogP contribution in [-0.2, 0) is 30.4 Å². The van der Waals surface area contributed by atoms with Crippen LogP contribution in [0.1, 0.15) is 109 Å². The van der Waals surface area contributed by atoms with Crippen molar-refractivity contribution in [2.24, 2.45) is 40.9 Å². The van der Waals surface area contributed by atoms with Gasteiger partial charge in [0.15, 0.2) is 5.78 Å². The summed E-state index contributed by atoms with van der Waals surface area (Å²) in [5, 5.41) is 12.0. The van der Waals surface area contributed by atoms with Gasteiger partial charge in [0.25, 0.3) is 5.91 Å². The number of aryl methyl sites for hydroxylation is 1. The number of benzene rings is 1. The average molecular weight is 782 g/mol. The molecule has 4 N–H and O–H groups in total. The van der Waals surface area contributed by atoms with E-state index >= 15 is 0 Å². The number of fused-ring (bicyclic) bond motifs is 1. The number of rotatable bonds is 17. The Morgan fingerprint density at radius 1 is 0.912 bits per heavy atom. The molecule has 7 fully saturated rings. The third-order valence-electron chi connectivity index (χ3n) is 14.6. The quantitative estimate of drug-likeness (QED) is 0.0920. The number of ketones is 2. The Balaban J connectivity index is 0.996. The van der Waals surface area contributed by atoms with Crippen molar-refractivity contribution in [3.05, 3.63) is 60.7 Å². The highest BCUT2D eigenvalue weighted by Crippen LogP contribution is 2.65.